The number of Topliss-reactive ketones (excluding diaryl/α,β-unsaturated/α-hetero) is 1. The predicted octanol–water partition coefficient (Wildman–Crippen LogP) is 3.20. The average molecular weight is 250 g/mol. The average Bonchev–Trinajstić information content (AvgIpc) is 2.18. The number of aromatic nitrogens is 1. The molecule has 0 bridgehead atoms. The molecule has 2 rings (SSSR count). The van der Waals surface area contributed by atoms with Crippen LogP contribution in [0.1, 0.15) is 17.4 Å². The number of ketones is 1. The Kier molecular flexibility index (Phi) is 2.33. The molecule has 0 fully saturated rings. The van der Waals surface area contributed by atoms with Crippen LogP contribution in [0.2, 0.25) is 0 Å². The monoisotopic (exact) mass is 249 g/mol. The Morgan fingerprint density at radius 1 is 1.43 bits per heavy atom. The fraction of sp³-hybridized carbons (Fsp3) is 0.0909. The molecule has 1 aromatic carbocycles. The van der Waals surface area contributed by atoms with Gasteiger partial charge in [-0.05, 0) is 17.5 Å². The fourth-order valence-corrected chi connectivity index (χ4v) is 1.82. The number of hydrogen-bond donors (Lipinski definition) is 0. The minimum absolute atomic E-state index is 0.0114. The zero-order valence-electron chi connectivity index (χ0n) is 7.62. The minimum atomic E-state index is -0.0114. The Morgan fingerprint density at radius 3 is 2.93 bits per heavy atom. The Labute approximate surface area is 90.1 Å². The first-order valence-corrected chi connectivity index (χ1v) is 5.03. The van der Waals surface area contributed by atoms with Crippen LogP contribution >= 0.6 is 15.9 Å². The first-order chi connectivity index (χ1) is 6.68. The standard InChI is InChI=1S/C11H8BrNO/c1-7(14)11-5-9-8(6-13-11)3-2-4-10(9)12/h2-6H,1H3. The Morgan fingerprint density at radius 2 is 2.21 bits per heavy atom. The zero-order valence-corrected chi connectivity index (χ0v) is 9.21. The lowest BCUT2D eigenvalue weighted by atomic mass is 10.1. The van der Waals surface area contributed by atoms with Crippen molar-refractivity contribution in [3.05, 3.63) is 40.6 Å². The summed E-state index contributed by atoms with van der Waals surface area (Å²) in [6, 6.07) is 7.67. The van der Waals surface area contributed by atoms with Crippen molar-refractivity contribution < 1.29 is 4.79 Å². The molecule has 3 heteroatoms. The van der Waals surface area contributed by atoms with Gasteiger partial charge in [-0.15, -0.1) is 0 Å². The van der Waals surface area contributed by atoms with E-state index in [-0.39, 0.29) is 5.78 Å². The number of halogens is 1. The van der Waals surface area contributed by atoms with E-state index >= 15 is 0 Å². The van der Waals surface area contributed by atoms with Gasteiger partial charge in [0.2, 0.25) is 0 Å². The van der Waals surface area contributed by atoms with Gasteiger partial charge < -0.3 is 0 Å². The quantitative estimate of drug-likeness (QED) is 0.727. The van der Waals surface area contributed by atoms with Crippen molar-refractivity contribution in [3.63, 3.8) is 0 Å². The Balaban J connectivity index is 2.76. The second-order valence-electron chi connectivity index (χ2n) is 3.09. The van der Waals surface area contributed by atoms with Crippen LogP contribution in [-0.4, -0.2) is 10.8 Å². The molecule has 70 valence electrons. The largest absolute Gasteiger partial charge is 0.293 e. The van der Waals surface area contributed by atoms with Crippen LogP contribution in [0.15, 0.2) is 34.9 Å². The van der Waals surface area contributed by atoms with Gasteiger partial charge in [0.1, 0.15) is 5.69 Å². The molecule has 2 aromatic rings. The molecular weight excluding hydrogens is 242 g/mol. The van der Waals surface area contributed by atoms with E-state index in [1.165, 1.54) is 6.92 Å². The summed E-state index contributed by atoms with van der Waals surface area (Å²) < 4.78 is 0.986. The van der Waals surface area contributed by atoms with Gasteiger partial charge in [-0.3, -0.25) is 9.78 Å². The van der Waals surface area contributed by atoms with Crippen LogP contribution in [0, 0.1) is 0 Å². The molecule has 0 aliphatic rings. The smallest absolute Gasteiger partial charge is 0.178 e. The number of benzene rings is 1. The second kappa shape index (κ2) is 3.50. The number of carbonyl (C=O) groups excluding carboxylic acids is 1. The molecule has 1 heterocycles. The third-order valence-corrected chi connectivity index (χ3v) is 2.76. The summed E-state index contributed by atoms with van der Waals surface area (Å²) in [7, 11) is 0. The normalized spacial score (nSPS) is 10.4. The summed E-state index contributed by atoms with van der Waals surface area (Å²) in [5.74, 6) is -0.0114. The van der Waals surface area contributed by atoms with Gasteiger partial charge in [-0.2, -0.15) is 0 Å². The van der Waals surface area contributed by atoms with Gasteiger partial charge in [0.25, 0.3) is 0 Å². The van der Waals surface area contributed by atoms with E-state index in [1.54, 1.807) is 6.20 Å². The highest BCUT2D eigenvalue weighted by Gasteiger charge is 2.04. The highest BCUT2D eigenvalue weighted by Crippen LogP contribution is 2.23. The lowest BCUT2D eigenvalue weighted by Crippen LogP contribution is -1.95. The van der Waals surface area contributed by atoms with Crippen molar-refractivity contribution in [1.82, 2.24) is 4.98 Å². The van der Waals surface area contributed by atoms with Crippen molar-refractivity contribution in [2.75, 3.05) is 0 Å². The van der Waals surface area contributed by atoms with Gasteiger partial charge in [0.15, 0.2) is 5.78 Å². The summed E-state index contributed by atoms with van der Waals surface area (Å²) >= 11 is 3.44. The van der Waals surface area contributed by atoms with Crippen molar-refractivity contribution in [2.45, 2.75) is 6.92 Å². The maximum atomic E-state index is 11.1. The van der Waals surface area contributed by atoms with Gasteiger partial charge in [-0.1, -0.05) is 28.1 Å². The van der Waals surface area contributed by atoms with E-state index < -0.39 is 0 Å². The molecule has 0 saturated heterocycles. The lowest BCUT2D eigenvalue weighted by molar-refractivity contribution is 0.101. The predicted molar refractivity (Wildman–Crippen MR) is 59.4 cm³/mol. The first kappa shape index (κ1) is 9.34. The molecule has 0 amide bonds. The summed E-state index contributed by atoms with van der Waals surface area (Å²) in [4.78, 5) is 15.2. The highest BCUT2D eigenvalue weighted by molar-refractivity contribution is 9.10. The molecule has 0 unspecified atom stereocenters. The van der Waals surface area contributed by atoms with Crippen molar-refractivity contribution >= 4 is 32.5 Å². The van der Waals surface area contributed by atoms with Crippen molar-refractivity contribution in [1.29, 1.82) is 0 Å². The first-order valence-electron chi connectivity index (χ1n) is 4.23. The van der Waals surface area contributed by atoms with Gasteiger partial charge in [-0.25, -0.2) is 0 Å². The van der Waals surface area contributed by atoms with E-state index in [1.807, 2.05) is 24.3 Å². The van der Waals surface area contributed by atoms with E-state index in [0.717, 1.165) is 15.2 Å². The van der Waals surface area contributed by atoms with E-state index in [2.05, 4.69) is 20.9 Å². The maximum absolute atomic E-state index is 11.1. The van der Waals surface area contributed by atoms with E-state index in [0.29, 0.717) is 5.69 Å². The van der Waals surface area contributed by atoms with Crippen LogP contribution in [0.3, 0.4) is 0 Å². The molecule has 0 aliphatic heterocycles. The third-order valence-electron chi connectivity index (χ3n) is 2.07. The SMILES string of the molecule is CC(=O)c1cc2c(Br)cccc2cn1. The van der Waals surface area contributed by atoms with E-state index in [4.69, 9.17) is 0 Å². The number of nitrogens with zero attached hydrogens (tertiary/aromatic N) is 1. The third kappa shape index (κ3) is 1.55. The Hall–Kier alpha value is -1.22. The number of rotatable bonds is 1. The van der Waals surface area contributed by atoms with E-state index in [9.17, 15) is 4.79 Å². The molecule has 0 N–H and O–H groups in total. The molecule has 0 radical (unpaired) electrons. The molecule has 14 heavy (non-hydrogen) atoms. The van der Waals surface area contributed by atoms with Crippen molar-refractivity contribution in [2.24, 2.45) is 0 Å². The number of fused-ring (bicyclic) bond motifs is 1. The number of carbonyl (C=O) groups is 1. The molecule has 0 aliphatic carbocycles. The maximum Gasteiger partial charge on any atom is 0.178 e. The zero-order chi connectivity index (χ0) is 10.1. The lowest BCUT2D eigenvalue weighted by Gasteiger charge is -2.01. The topological polar surface area (TPSA) is 30.0 Å². The van der Waals surface area contributed by atoms with Crippen LogP contribution < -0.4 is 0 Å². The summed E-state index contributed by atoms with van der Waals surface area (Å²) in [6.07, 6.45) is 1.72. The highest BCUT2D eigenvalue weighted by atomic mass is 79.9. The van der Waals surface area contributed by atoms with Gasteiger partial charge in [0.05, 0.1) is 0 Å². The van der Waals surface area contributed by atoms with Crippen LogP contribution in [0.4, 0.5) is 0 Å². The molecule has 0 spiro atoms. The van der Waals surface area contributed by atoms with Gasteiger partial charge in [0, 0.05) is 23.0 Å². The summed E-state index contributed by atoms with van der Waals surface area (Å²) in [5, 5.41) is 2.05. The minimum Gasteiger partial charge on any atom is -0.293 e. The number of hydrogen-bond acceptors (Lipinski definition) is 2. The summed E-state index contributed by atoms with van der Waals surface area (Å²) in [6.45, 7) is 1.52. The summed E-state index contributed by atoms with van der Waals surface area (Å²) in [5.41, 5.74) is 0.504. The fourth-order valence-electron chi connectivity index (χ4n) is 1.32. The van der Waals surface area contributed by atoms with Crippen LogP contribution in [0.5, 0.6) is 0 Å². The van der Waals surface area contributed by atoms with Crippen LogP contribution in [0.25, 0.3) is 10.8 Å². The molecule has 1 aromatic heterocycles. The number of pyridine rings is 1. The second-order valence-corrected chi connectivity index (χ2v) is 3.94. The molecule has 2 nitrogen and oxygen atoms in total. The molecule has 0 atom stereocenters. The Bertz CT molecular complexity index is 508. The van der Waals surface area contributed by atoms with Gasteiger partial charge >= 0.3 is 0 Å². The molecular formula is C11H8BrNO. The molecule has 0 saturated carbocycles. The van der Waals surface area contributed by atoms with Crippen LogP contribution in [-0.2, 0) is 0 Å². The van der Waals surface area contributed by atoms with Crippen molar-refractivity contribution in [3.8, 4) is 0 Å².